The van der Waals surface area contributed by atoms with Gasteiger partial charge >= 0.3 is 0 Å². The summed E-state index contributed by atoms with van der Waals surface area (Å²) in [6.07, 6.45) is 4.84. The van der Waals surface area contributed by atoms with Crippen LogP contribution in [0.5, 0.6) is 0 Å². The minimum atomic E-state index is 0.676. The number of hydrogen-bond acceptors (Lipinski definition) is 3. The maximum Gasteiger partial charge on any atom is 0.210 e. The Morgan fingerprint density at radius 1 is 1.35 bits per heavy atom. The Kier molecular flexibility index (Phi) is 4.02. The fourth-order valence-electron chi connectivity index (χ4n) is 1.78. The van der Waals surface area contributed by atoms with Gasteiger partial charge < -0.3 is 15.1 Å². The fraction of sp³-hybridized carbons (Fsp3) is 0.308. The van der Waals surface area contributed by atoms with Crippen LogP contribution in [0.4, 0.5) is 0 Å². The standard InChI is InChI=1S/C13H17N3O/c17-12-16(9-8-15-7-6-14-11-15)10-13-4-2-1-3-5-13/h1-7,12,14H,8-11H2. The molecule has 1 aliphatic heterocycles. The Morgan fingerprint density at radius 2 is 2.18 bits per heavy atom. The third-order valence-electron chi connectivity index (χ3n) is 2.75. The van der Waals surface area contributed by atoms with E-state index in [0.29, 0.717) is 6.54 Å². The van der Waals surface area contributed by atoms with E-state index in [0.717, 1.165) is 31.7 Å². The zero-order valence-electron chi connectivity index (χ0n) is 9.75. The molecule has 4 heteroatoms. The molecule has 1 heterocycles. The van der Waals surface area contributed by atoms with E-state index in [-0.39, 0.29) is 0 Å². The van der Waals surface area contributed by atoms with Gasteiger partial charge in [0.1, 0.15) is 0 Å². The third kappa shape index (κ3) is 3.52. The smallest absolute Gasteiger partial charge is 0.210 e. The maximum atomic E-state index is 11.0. The van der Waals surface area contributed by atoms with Crippen LogP contribution in [0.15, 0.2) is 42.7 Å². The third-order valence-corrected chi connectivity index (χ3v) is 2.75. The predicted octanol–water partition coefficient (Wildman–Crippen LogP) is 0.979. The van der Waals surface area contributed by atoms with Crippen LogP contribution in [0.2, 0.25) is 0 Å². The first-order valence-corrected chi connectivity index (χ1v) is 5.76. The Morgan fingerprint density at radius 3 is 2.82 bits per heavy atom. The first-order chi connectivity index (χ1) is 8.38. The fourth-order valence-corrected chi connectivity index (χ4v) is 1.78. The first-order valence-electron chi connectivity index (χ1n) is 5.76. The Bertz CT molecular complexity index is 378. The lowest BCUT2D eigenvalue weighted by molar-refractivity contribution is -0.118. The molecule has 1 amide bonds. The summed E-state index contributed by atoms with van der Waals surface area (Å²) in [5, 5.41) is 3.10. The van der Waals surface area contributed by atoms with Gasteiger partial charge in [-0.05, 0) is 5.56 Å². The molecule has 0 unspecified atom stereocenters. The summed E-state index contributed by atoms with van der Waals surface area (Å²) in [4.78, 5) is 14.9. The van der Waals surface area contributed by atoms with Gasteiger partial charge in [0.05, 0.1) is 6.67 Å². The molecule has 17 heavy (non-hydrogen) atoms. The molecule has 0 saturated heterocycles. The van der Waals surface area contributed by atoms with E-state index in [9.17, 15) is 4.79 Å². The van der Waals surface area contributed by atoms with Crippen molar-refractivity contribution in [1.29, 1.82) is 0 Å². The van der Waals surface area contributed by atoms with Crippen LogP contribution in [-0.2, 0) is 11.3 Å². The zero-order valence-corrected chi connectivity index (χ0v) is 9.75. The second-order valence-corrected chi connectivity index (χ2v) is 4.05. The van der Waals surface area contributed by atoms with Gasteiger partial charge in [0.15, 0.2) is 0 Å². The Balaban J connectivity index is 1.80. The predicted molar refractivity (Wildman–Crippen MR) is 66.8 cm³/mol. The molecule has 0 radical (unpaired) electrons. The monoisotopic (exact) mass is 231 g/mol. The number of amides is 1. The molecule has 1 aromatic rings. The summed E-state index contributed by atoms with van der Waals surface area (Å²) in [5.74, 6) is 0. The first kappa shape index (κ1) is 11.5. The molecule has 0 atom stereocenters. The molecule has 0 aromatic heterocycles. The minimum Gasteiger partial charge on any atom is -0.373 e. The summed E-state index contributed by atoms with van der Waals surface area (Å²) in [7, 11) is 0. The normalized spacial score (nSPS) is 13.5. The highest BCUT2D eigenvalue weighted by Gasteiger charge is 2.07. The van der Waals surface area contributed by atoms with Gasteiger partial charge in [-0.3, -0.25) is 4.79 Å². The summed E-state index contributed by atoms with van der Waals surface area (Å²) < 4.78 is 0. The van der Waals surface area contributed by atoms with Gasteiger partial charge in [-0.25, -0.2) is 0 Å². The zero-order chi connectivity index (χ0) is 11.9. The summed E-state index contributed by atoms with van der Waals surface area (Å²) in [6.45, 7) is 3.10. The molecular formula is C13H17N3O. The van der Waals surface area contributed by atoms with Crippen LogP contribution < -0.4 is 5.32 Å². The molecule has 1 aromatic carbocycles. The number of hydrogen-bond donors (Lipinski definition) is 1. The number of benzene rings is 1. The van der Waals surface area contributed by atoms with Crippen molar-refractivity contribution in [3.63, 3.8) is 0 Å². The van der Waals surface area contributed by atoms with Crippen LogP contribution in [0, 0.1) is 0 Å². The molecule has 90 valence electrons. The molecule has 0 spiro atoms. The van der Waals surface area contributed by atoms with Crippen LogP contribution >= 0.6 is 0 Å². The van der Waals surface area contributed by atoms with E-state index in [2.05, 4.69) is 10.2 Å². The van der Waals surface area contributed by atoms with E-state index >= 15 is 0 Å². The van der Waals surface area contributed by atoms with Crippen LogP contribution in [0.3, 0.4) is 0 Å². The number of nitrogens with one attached hydrogen (secondary N) is 1. The highest BCUT2D eigenvalue weighted by atomic mass is 16.1. The van der Waals surface area contributed by atoms with Gasteiger partial charge in [-0.1, -0.05) is 30.3 Å². The average molecular weight is 231 g/mol. The summed E-state index contributed by atoms with van der Waals surface area (Å²) >= 11 is 0. The van der Waals surface area contributed by atoms with Crippen LogP contribution in [-0.4, -0.2) is 36.0 Å². The second-order valence-electron chi connectivity index (χ2n) is 4.05. The SMILES string of the molecule is O=CN(CCN1C=CNC1)Cc1ccccc1. The van der Waals surface area contributed by atoms with E-state index in [1.165, 1.54) is 0 Å². The molecule has 0 saturated carbocycles. The molecule has 2 rings (SSSR count). The number of nitrogens with zero attached hydrogens (tertiary/aromatic N) is 2. The van der Waals surface area contributed by atoms with Crippen molar-refractivity contribution < 1.29 is 4.79 Å². The summed E-state index contributed by atoms with van der Waals surface area (Å²) in [5.41, 5.74) is 1.16. The van der Waals surface area contributed by atoms with Crippen LogP contribution in [0.1, 0.15) is 5.56 Å². The van der Waals surface area contributed by atoms with Crippen molar-refractivity contribution >= 4 is 6.41 Å². The van der Waals surface area contributed by atoms with E-state index in [1.54, 1.807) is 4.90 Å². The van der Waals surface area contributed by atoms with Crippen LogP contribution in [0.25, 0.3) is 0 Å². The quantitative estimate of drug-likeness (QED) is 0.741. The molecular weight excluding hydrogens is 214 g/mol. The molecule has 1 aliphatic rings. The number of carbonyl (C=O) groups excluding carboxylic acids is 1. The highest BCUT2D eigenvalue weighted by molar-refractivity contribution is 5.47. The van der Waals surface area contributed by atoms with Crippen molar-refractivity contribution in [3.8, 4) is 0 Å². The molecule has 0 fully saturated rings. The van der Waals surface area contributed by atoms with Gasteiger partial charge in [0, 0.05) is 32.0 Å². The van der Waals surface area contributed by atoms with E-state index in [4.69, 9.17) is 0 Å². The lowest BCUT2D eigenvalue weighted by Crippen LogP contribution is -2.32. The van der Waals surface area contributed by atoms with Gasteiger partial charge in [0.25, 0.3) is 0 Å². The number of carbonyl (C=O) groups is 1. The molecule has 1 N–H and O–H groups in total. The topological polar surface area (TPSA) is 35.6 Å². The van der Waals surface area contributed by atoms with Crippen molar-refractivity contribution in [1.82, 2.24) is 15.1 Å². The second kappa shape index (κ2) is 5.94. The van der Waals surface area contributed by atoms with Crippen molar-refractivity contribution in [2.75, 3.05) is 19.8 Å². The number of rotatable bonds is 6. The maximum absolute atomic E-state index is 11.0. The van der Waals surface area contributed by atoms with Crippen molar-refractivity contribution in [2.45, 2.75) is 6.54 Å². The average Bonchev–Trinajstić information content (AvgIpc) is 2.89. The summed E-state index contributed by atoms with van der Waals surface area (Å²) in [6, 6.07) is 10.0. The van der Waals surface area contributed by atoms with Crippen molar-refractivity contribution in [2.24, 2.45) is 0 Å². The van der Waals surface area contributed by atoms with Gasteiger partial charge in [-0.2, -0.15) is 0 Å². The minimum absolute atomic E-state index is 0.676. The largest absolute Gasteiger partial charge is 0.373 e. The molecule has 0 bridgehead atoms. The highest BCUT2D eigenvalue weighted by Crippen LogP contribution is 2.03. The Hall–Kier alpha value is -1.97. The molecule has 0 aliphatic carbocycles. The lowest BCUT2D eigenvalue weighted by Gasteiger charge is -2.21. The van der Waals surface area contributed by atoms with E-state index in [1.807, 2.05) is 42.7 Å². The van der Waals surface area contributed by atoms with E-state index < -0.39 is 0 Å². The lowest BCUT2D eigenvalue weighted by atomic mass is 10.2. The van der Waals surface area contributed by atoms with Gasteiger partial charge in [-0.15, -0.1) is 0 Å². The Labute approximate surface area is 102 Å². The van der Waals surface area contributed by atoms with Gasteiger partial charge in [0.2, 0.25) is 6.41 Å². The molecule has 4 nitrogen and oxygen atoms in total. The van der Waals surface area contributed by atoms with Crippen molar-refractivity contribution in [3.05, 3.63) is 48.3 Å².